The highest BCUT2D eigenvalue weighted by Crippen LogP contribution is 2.11. The predicted octanol–water partition coefficient (Wildman–Crippen LogP) is 0.629. The number of aromatic nitrogens is 2. The molecule has 3 N–H and O–H groups in total. The molecule has 0 bridgehead atoms. The molecule has 1 aromatic heterocycles. The smallest absolute Gasteiger partial charge is 0.328 e. The third kappa shape index (κ3) is 3.82. The third-order valence-electron chi connectivity index (χ3n) is 2.88. The van der Waals surface area contributed by atoms with Gasteiger partial charge in [0.05, 0.1) is 13.4 Å². The van der Waals surface area contributed by atoms with Gasteiger partial charge in [0, 0.05) is 23.9 Å². The van der Waals surface area contributed by atoms with Crippen LogP contribution in [0.3, 0.4) is 0 Å². The molecule has 0 aliphatic rings. The van der Waals surface area contributed by atoms with Crippen LogP contribution in [0, 0.1) is 0 Å². The SMILES string of the molecule is COC(=O)[C@H](Cc1cnc[nH]1)NC(=O)c1cccc(O)c1. The molecule has 110 valence electrons. The molecule has 0 saturated carbocycles. The normalized spacial score (nSPS) is 11.7. The lowest BCUT2D eigenvalue weighted by Gasteiger charge is -2.15. The van der Waals surface area contributed by atoms with E-state index >= 15 is 0 Å². The molecule has 0 aliphatic carbocycles. The van der Waals surface area contributed by atoms with E-state index < -0.39 is 17.9 Å². The number of aromatic amines is 1. The van der Waals surface area contributed by atoms with Gasteiger partial charge in [-0.3, -0.25) is 4.79 Å². The minimum absolute atomic E-state index is 0.0224. The Bertz CT molecular complexity index is 625. The number of hydrogen-bond donors (Lipinski definition) is 3. The van der Waals surface area contributed by atoms with Crippen molar-refractivity contribution in [1.82, 2.24) is 15.3 Å². The van der Waals surface area contributed by atoms with Crippen LogP contribution in [0.2, 0.25) is 0 Å². The van der Waals surface area contributed by atoms with Gasteiger partial charge in [-0.25, -0.2) is 9.78 Å². The van der Waals surface area contributed by atoms with Gasteiger partial charge in [0.1, 0.15) is 11.8 Å². The molecule has 2 aromatic rings. The molecular formula is C14H15N3O4. The molecule has 1 atom stereocenters. The lowest BCUT2D eigenvalue weighted by atomic mass is 10.1. The van der Waals surface area contributed by atoms with Crippen molar-refractivity contribution >= 4 is 11.9 Å². The zero-order valence-electron chi connectivity index (χ0n) is 11.4. The molecular weight excluding hydrogens is 274 g/mol. The zero-order chi connectivity index (χ0) is 15.2. The fourth-order valence-corrected chi connectivity index (χ4v) is 1.84. The summed E-state index contributed by atoms with van der Waals surface area (Å²) in [6.45, 7) is 0. The molecule has 0 radical (unpaired) electrons. The maximum absolute atomic E-state index is 12.1. The van der Waals surface area contributed by atoms with E-state index in [1.807, 2.05) is 0 Å². The summed E-state index contributed by atoms with van der Waals surface area (Å²) in [7, 11) is 1.25. The van der Waals surface area contributed by atoms with E-state index in [9.17, 15) is 14.7 Å². The van der Waals surface area contributed by atoms with Crippen molar-refractivity contribution in [3.8, 4) is 5.75 Å². The highest BCUT2D eigenvalue weighted by atomic mass is 16.5. The topological polar surface area (TPSA) is 104 Å². The number of imidazole rings is 1. The highest BCUT2D eigenvalue weighted by Gasteiger charge is 2.23. The average molecular weight is 289 g/mol. The highest BCUT2D eigenvalue weighted by molar-refractivity contribution is 5.97. The molecule has 0 saturated heterocycles. The van der Waals surface area contributed by atoms with Gasteiger partial charge in [-0.2, -0.15) is 0 Å². The van der Waals surface area contributed by atoms with Gasteiger partial charge in [0.15, 0.2) is 0 Å². The van der Waals surface area contributed by atoms with Crippen LogP contribution in [0.4, 0.5) is 0 Å². The number of hydrogen-bond acceptors (Lipinski definition) is 5. The first kappa shape index (κ1) is 14.6. The van der Waals surface area contributed by atoms with Crippen LogP contribution in [0.15, 0.2) is 36.8 Å². The minimum Gasteiger partial charge on any atom is -0.508 e. The second kappa shape index (κ2) is 6.56. The summed E-state index contributed by atoms with van der Waals surface area (Å²) in [5.74, 6) is -1.05. The number of aromatic hydroxyl groups is 1. The van der Waals surface area contributed by atoms with E-state index in [2.05, 4.69) is 20.0 Å². The lowest BCUT2D eigenvalue weighted by Crippen LogP contribution is -2.43. The summed E-state index contributed by atoms with van der Waals surface area (Å²) >= 11 is 0. The summed E-state index contributed by atoms with van der Waals surface area (Å²) in [6.07, 6.45) is 3.29. The first-order valence-corrected chi connectivity index (χ1v) is 6.25. The molecule has 7 heteroatoms. The summed E-state index contributed by atoms with van der Waals surface area (Å²) in [5, 5.41) is 12.0. The van der Waals surface area contributed by atoms with E-state index in [1.54, 1.807) is 18.3 Å². The summed E-state index contributed by atoms with van der Waals surface area (Å²) in [4.78, 5) is 30.6. The van der Waals surface area contributed by atoms with E-state index in [0.29, 0.717) is 5.69 Å². The fourth-order valence-electron chi connectivity index (χ4n) is 1.84. The van der Waals surface area contributed by atoms with E-state index in [0.717, 1.165) is 0 Å². The molecule has 0 spiro atoms. The number of nitrogens with zero attached hydrogens (tertiary/aromatic N) is 1. The Labute approximate surface area is 121 Å². The number of carbonyl (C=O) groups is 2. The first-order valence-electron chi connectivity index (χ1n) is 6.25. The third-order valence-corrected chi connectivity index (χ3v) is 2.88. The van der Waals surface area contributed by atoms with Crippen LogP contribution in [0.1, 0.15) is 16.1 Å². The molecule has 21 heavy (non-hydrogen) atoms. The molecule has 7 nitrogen and oxygen atoms in total. The van der Waals surface area contributed by atoms with Crippen LogP contribution in [-0.4, -0.2) is 40.1 Å². The van der Waals surface area contributed by atoms with Crippen molar-refractivity contribution < 1.29 is 19.4 Å². The quantitative estimate of drug-likeness (QED) is 0.700. The van der Waals surface area contributed by atoms with Gasteiger partial charge < -0.3 is 20.1 Å². The monoisotopic (exact) mass is 289 g/mol. The summed E-state index contributed by atoms with van der Waals surface area (Å²) in [6, 6.07) is 5.02. The second-order valence-corrected chi connectivity index (χ2v) is 4.38. The molecule has 1 amide bonds. The van der Waals surface area contributed by atoms with Crippen molar-refractivity contribution in [1.29, 1.82) is 0 Å². The maximum atomic E-state index is 12.1. The van der Waals surface area contributed by atoms with Gasteiger partial charge in [0.2, 0.25) is 0 Å². The minimum atomic E-state index is -0.842. The number of H-pyrrole nitrogens is 1. The van der Waals surface area contributed by atoms with Crippen LogP contribution in [0.5, 0.6) is 5.75 Å². The number of amides is 1. The van der Waals surface area contributed by atoms with E-state index in [1.165, 1.54) is 25.6 Å². The van der Waals surface area contributed by atoms with E-state index in [-0.39, 0.29) is 17.7 Å². The predicted molar refractivity (Wildman–Crippen MR) is 73.7 cm³/mol. The Morgan fingerprint density at radius 3 is 2.90 bits per heavy atom. The second-order valence-electron chi connectivity index (χ2n) is 4.38. The molecule has 0 aliphatic heterocycles. The standard InChI is InChI=1S/C14H15N3O4/c1-21-14(20)12(6-10-7-15-8-16-10)17-13(19)9-3-2-4-11(18)5-9/h2-5,7-8,12,18H,6H2,1H3,(H,15,16)(H,17,19)/t12-/m0/s1. The maximum Gasteiger partial charge on any atom is 0.328 e. The number of nitrogens with one attached hydrogen (secondary N) is 2. The van der Waals surface area contributed by atoms with Gasteiger partial charge in [-0.1, -0.05) is 6.07 Å². The Hall–Kier alpha value is -2.83. The summed E-state index contributed by atoms with van der Waals surface area (Å²) < 4.78 is 4.68. The van der Waals surface area contributed by atoms with Crippen LogP contribution in [0.25, 0.3) is 0 Å². The summed E-state index contributed by atoms with van der Waals surface area (Å²) in [5.41, 5.74) is 0.954. The van der Waals surface area contributed by atoms with Crippen LogP contribution < -0.4 is 5.32 Å². The number of phenolic OH excluding ortho intramolecular Hbond substituents is 1. The van der Waals surface area contributed by atoms with Crippen molar-refractivity contribution in [2.24, 2.45) is 0 Å². The fraction of sp³-hybridized carbons (Fsp3) is 0.214. The first-order chi connectivity index (χ1) is 10.1. The Balaban J connectivity index is 2.11. The van der Waals surface area contributed by atoms with Crippen molar-refractivity contribution in [3.63, 3.8) is 0 Å². The number of carbonyl (C=O) groups excluding carboxylic acids is 2. The van der Waals surface area contributed by atoms with Gasteiger partial charge in [-0.05, 0) is 18.2 Å². The molecule has 1 aromatic carbocycles. The number of rotatable bonds is 5. The number of benzene rings is 1. The van der Waals surface area contributed by atoms with Crippen molar-refractivity contribution in [2.75, 3.05) is 7.11 Å². The average Bonchev–Trinajstić information content (AvgIpc) is 2.98. The zero-order valence-corrected chi connectivity index (χ0v) is 11.4. The molecule has 1 heterocycles. The number of ether oxygens (including phenoxy) is 1. The Kier molecular flexibility index (Phi) is 4.55. The number of esters is 1. The molecule has 0 unspecified atom stereocenters. The van der Waals surface area contributed by atoms with Crippen molar-refractivity contribution in [3.05, 3.63) is 48.0 Å². The number of phenols is 1. The van der Waals surface area contributed by atoms with Gasteiger partial charge in [-0.15, -0.1) is 0 Å². The largest absolute Gasteiger partial charge is 0.508 e. The number of methoxy groups -OCH3 is 1. The van der Waals surface area contributed by atoms with E-state index in [4.69, 9.17) is 0 Å². The van der Waals surface area contributed by atoms with Gasteiger partial charge in [0.25, 0.3) is 5.91 Å². The van der Waals surface area contributed by atoms with Crippen LogP contribution >= 0.6 is 0 Å². The molecule has 2 rings (SSSR count). The Morgan fingerprint density at radius 1 is 1.48 bits per heavy atom. The Morgan fingerprint density at radius 2 is 2.29 bits per heavy atom. The lowest BCUT2D eigenvalue weighted by molar-refractivity contribution is -0.142. The van der Waals surface area contributed by atoms with Crippen LogP contribution in [-0.2, 0) is 16.0 Å². The van der Waals surface area contributed by atoms with Crippen molar-refractivity contribution in [2.45, 2.75) is 12.5 Å². The van der Waals surface area contributed by atoms with Gasteiger partial charge >= 0.3 is 5.97 Å². The molecule has 0 fully saturated rings.